The first-order valence-corrected chi connectivity index (χ1v) is 5.43. The highest BCUT2D eigenvalue weighted by molar-refractivity contribution is 8.02. The van der Waals surface area contributed by atoms with Crippen LogP contribution in [0, 0.1) is 0 Å². The summed E-state index contributed by atoms with van der Waals surface area (Å²) in [4.78, 5) is 4.88. The van der Waals surface area contributed by atoms with E-state index in [1.54, 1.807) is 17.8 Å². The van der Waals surface area contributed by atoms with Crippen molar-refractivity contribution in [3.63, 3.8) is 0 Å². The van der Waals surface area contributed by atoms with Crippen molar-refractivity contribution in [2.24, 2.45) is 4.99 Å². The van der Waals surface area contributed by atoms with Crippen molar-refractivity contribution < 1.29 is 0 Å². The van der Waals surface area contributed by atoms with Gasteiger partial charge in [-0.2, -0.15) is 0 Å². The van der Waals surface area contributed by atoms with Crippen LogP contribution in [-0.2, 0) is 0 Å². The molecule has 0 heterocycles. The summed E-state index contributed by atoms with van der Waals surface area (Å²) in [5.74, 6) is 0. The second kappa shape index (κ2) is 9.33. The van der Waals surface area contributed by atoms with Crippen molar-refractivity contribution in [2.45, 2.75) is 20.8 Å². The molecule has 0 aromatic carbocycles. The van der Waals surface area contributed by atoms with Gasteiger partial charge >= 0.3 is 0 Å². The van der Waals surface area contributed by atoms with Gasteiger partial charge in [-0.3, -0.25) is 4.99 Å². The Bertz CT molecular complexity index is 204. The van der Waals surface area contributed by atoms with Crippen LogP contribution in [0.2, 0.25) is 0 Å². The van der Waals surface area contributed by atoms with E-state index in [0.717, 1.165) is 16.2 Å². The van der Waals surface area contributed by atoms with Crippen LogP contribution >= 0.6 is 11.8 Å². The lowest BCUT2D eigenvalue weighted by Crippen LogP contribution is -1.82. The zero-order chi connectivity index (χ0) is 10.9. The predicted molar refractivity (Wildman–Crippen MR) is 66.4 cm³/mol. The third-order valence-electron chi connectivity index (χ3n) is 1.19. The van der Waals surface area contributed by atoms with E-state index in [9.17, 15) is 0 Å². The Kier molecular flexibility index (Phi) is 10.6. The smallest absolute Gasteiger partial charge is 0.0754 e. The van der Waals surface area contributed by atoms with E-state index in [0.29, 0.717) is 0 Å². The number of nitrogens with zero attached hydrogens (tertiary/aromatic N) is 1. The maximum atomic E-state index is 3.83. The first-order chi connectivity index (χ1) is 6.17. The van der Waals surface area contributed by atoms with Crippen LogP contribution in [0.4, 0.5) is 0 Å². The minimum Gasteiger partial charge on any atom is -0.264 e. The number of rotatable bonds is 4. The average Bonchev–Trinajstić information content (AvgIpc) is 2.16. The number of allylic oxidation sites excluding steroid dienone is 2. The van der Waals surface area contributed by atoms with Gasteiger partial charge in [0.05, 0.1) is 5.70 Å². The van der Waals surface area contributed by atoms with E-state index in [4.69, 9.17) is 0 Å². The van der Waals surface area contributed by atoms with E-state index >= 15 is 0 Å². The fourth-order valence-electron chi connectivity index (χ4n) is 0.726. The van der Waals surface area contributed by atoms with Crippen molar-refractivity contribution in [2.75, 3.05) is 6.26 Å². The normalized spacial score (nSPS) is 10.5. The van der Waals surface area contributed by atoms with Crippen molar-refractivity contribution in [3.05, 3.63) is 35.4 Å². The Labute approximate surface area is 86.3 Å². The molecule has 0 aliphatic rings. The molecule has 0 radical (unpaired) electrons. The molecule has 0 aromatic rings. The van der Waals surface area contributed by atoms with Crippen molar-refractivity contribution >= 4 is 18.5 Å². The number of hydrogen-bond donors (Lipinski definition) is 0. The molecule has 0 aromatic heterocycles. The number of hydrogen-bond acceptors (Lipinski definition) is 2. The summed E-state index contributed by atoms with van der Waals surface area (Å²) in [6, 6.07) is 0. The monoisotopic (exact) mass is 197 g/mol. The summed E-state index contributed by atoms with van der Waals surface area (Å²) in [5, 5.41) is 0. The highest BCUT2D eigenvalue weighted by atomic mass is 32.2. The lowest BCUT2D eigenvalue weighted by molar-refractivity contribution is 1.38. The molecule has 2 heteroatoms. The van der Waals surface area contributed by atoms with Crippen molar-refractivity contribution in [3.8, 4) is 0 Å². The van der Waals surface area contributed by atoms with Gasteiger partial charge in [-0.1, -0.05) is 27.0 Å². The molecule has 13 heavy (non-hydrogen) atoms. The molecule has 0 N–H and O–H groups in total. The number of thioether (sulfide) groups is 1. The summed E-state index contributed by atoms with van der Waals surface area (Å²) in [7, 11) is 0. The van der Waals surface area contributed by atoms with Crippen LogP contribution in [0.15, 0.2) is 40.4 Å². The van der Waals surface area contributed by atoms with Crippen molar-refractivity contribution in [1.82, 2.24) is 0 Å². The largest absolute Gasteiger partial charge is 0.264 e. The van der Waals surface area contributed by atoms with Crippen molar-refractivity contribution in [1.29, 1.82) is 0 Å². The summed E-state index contributed by atoms with van der Waals surface area (Å²) in [6.45, 7) is 16.9. The summed E-state index contributed by atoms with van der Waals surface area (Å²) < 4.78 is 0. The maximum Gasteiger partial charge on any atom is 0.0754 e. The molecule has 74 valence electrons. The molecule has 0 saturated carbocycles. The highest BCUT2D eigenvalue weighted by Crippen LogP contribution is 2.24. The Morgan fingerprint density at radius 2 is 1.85 bits per heavy atom. The molecule has 0 aliphatic carbocycles. The van der Waals surface area contributed by atoms with Crippen LogP contribution in [-0.4, -0.2) is 13.0 Å². The molecule has 0 saturated heterocycles. The molecule has 1 nitrogen and oxygen atoms in total. The summed E-state index contributed by atoms with van der Waals surface area (Å²) in [6.07, 6.45) is 3.67. The molecule has 0 spiro atoms. The second-order valence-corrected chi connectivity index (χ2v) is 2.88. The van der Waals surface area contributed by atoms with Crippen LogP contribution in [0.1, 0.15) is 20.8 Å². The van der Waals surface area contributed by atoms with Gasteiger partial charge in [0.15, 0.2) is 0 Å². The molecule has 0 bridgehead atoms. The lowest BCUT2D eigenvalue weighted by Gasteiger charge is -2.04. The van der Waals surface area contributed by atoms with Gasteiger partial charge in [0.2, 0.25) is 0 Å². The predicted octanol–water partition coefficient (Wildman–Crippen LogP) is 4.05. The maximum absolute atomic E-state index is 3.83. The fourth-order valence-corrected chi connectivity index (χ4v) is 1.43. The van der Waals surface area contributed by atoms with Crippen LogP contribution in [0.5, 0.6) is 0 Å². The molecule has 0 atom stereocenters. The third-order valence-corrected chi connectivity index (χ3v) is 2.15. The second-order valence-electron chi connectivity index (χ2n) is 2.06. The van der Waals surface area contributed by atoms with E-state index in [1.165, 1.54) is 0 Å². The molecule has 0 amide bonds. The van der Waals surface area contributed by atoms with Crippen LogP contribution in [0.25, 0.3) is 0 Å². The zero-order valence-electron chi connectivity index (χ0n) is 9.05. The quantitative estimate of drug-likeness (QED) is 0.489. The van der Waals surface area contributed by atoms with E-state index in [-0.39, 0.29) is 0 Å². The number of aliphatic imine (C=N–C) groups is 1. The van der Waals surface area contributed by atoms with E-state index in [2.05, 4.69) is 24.9 Å². The van der Waals surface area contributed by atoms with Gasteiger partial charge in [0, 0.05) is 4.91 Å². The lowest BCUT2D eigenvalue weighted by atomic mass is 10.2. The Hall–Kier alpha value is -0.760. The minimum absolute atomic E-state index is 0.810. The van der Waals surface area contributed by atoms with E-state index in [1.807, 2.05) is 27.0 Å². The standard InChI is InChI=1S/C9H13NS.C2H6/c1-6-8(10-4)9(11-5)7(2)3;1-2/h6H,1-2,4H2,3,5H3;1-2H3/b9-8+;. The van der Waals surface area contributed by atoms with Gasteiger partial charge in [-0.25, -0.2) is 0 Å². The first-order valence-electron chi connectivity index (χ1n) is 4.20. The minimum atomic E-state index is 0.810. The highest BCUT2D eigenvalue weighted by Gasteiger charge is 2.00. The SMILES string of the molecule is C=C/C(N=C)=C(\SC)C(=C)C.CC. The molecule has 0 fully saturated rings. The third kappa shape index (κ3) is 5.47. The first kappa shape index (κ1) is 14.7. The Morgan fingerprint density at radius 1 is 1.38 bits per heavy atom. The fraction of sp³-hybridized carbons (Fsp3) is 0.364. The van der Waals surface area contributed by atoms with Gasteiger partial charge in [-0.15, -0.1) is 11.8 Å². The van der Waals surface area contributed by atoms with E-state index < -0.39 is 0 Å². The Morgan fingerprint density at radius 3 is 1.92 bits per heavy atom. The van der Waals surface area contributed by atoms with Crippen LogP contribution in [0.3, 0.4) is 0 Å². The molecule has 0 aliphatic heterocycles. The molecular weight excluding hydrogens is 178 g/mol. The molecule has 0 unspecified atom stereocenters. The zero-order valence-corrected chi connectivity index (χ0v) is 9.87. The summed E-state index contributed by atoms with van der Waals surface area (Å²) >= 11 is 1.61. The van der Waals surface area contributed by atoms with Gasteiger partial charge in [0.25, 0.3) is 0 Å². The molecular formula is C11H19NS. The van der Waals surface area contributed by atoms with Gasteiger partial charge in [0.1, 0.15) is 0 Å². The topological polar surface area (TPSA) is 12.4 Å². The van der Waals surface area contributed by atoms with Gasteiger partial charge < -0.3 is 0 Å². The Balaban J connectivity index is 0. The molecule has 0 rings (SSSR count). The van der Waals surface area contributed by atoms with Gasteiger partial charge in [-0.05, 0) is 31.5 Å². The van der Waals surface area contributed by atoms with Crippen LogP contribution < -0.4 is 0 Å². The average molecular weight is 197 g/mol. The summed E-state index contributed by atoms with van der Waals surface area (Å²) in [5.41, 5.74) is 1.81.